The minimum atomic E-state index is -0.514. The summed E-state index contributed by atoms with van der Waals surface area (Å²) >= 11 is 0. The molecule has 0 aromatic heterocycles. The smallest absolute Gasteiger partial charge is 0.253 e. The number of hydrogen-bond acceptors (Lipinski definition) is 2. The van der Waals surface area contributed by atoms with Crippen molar-refractivity contribution in [1.29, 1.82) is 0 Å². The zero-order valence-corrected chi connectivity index (χ0v) is 10.2. The third-order valence-electron chi connectivity index (χ3n) is 4.26. The Kier molecular flexibility index (Phi) is 2.73. The highest BCUT2D eigenvalue weighted by atomic mass is 19.1. The van der Waals surface area contributed by atoms with Crippen LogP contribution in [0.4, 0.5) is 10.1 Å². The van der Waals surface area contributed by atoms with Crippen molar-refractivity contribution < 1.29 is 9.18 Å². The summed E-state index contributed by atoms with van der Waals surface area (Å²) in [6, 6.07) is 4.31. The second-order valence-electron chi connectivity index (χ2n) is 5.40. The predicted octanol–water partition coefficient (Wildman–Crippen LogP) is 2.28. The maximum absolute atomic E-state index is 13.4. The third-order valence-corrected chi connectivity index (χ3v) is 4.26. The molecular formula is C14H17FN2O. The molecule has 2 fully saturated rings. The van der Waals surface area contributed by atoms with E-state index in [1.165, 1.54) is 31.4 Å². The summed E-state index contributed by atoms with van der Waals surface area (Å²) < 4.78 is 13.4. The van der Waals surface area contributed by atoms with Gasteiger partial charge in [0.15, 0.2) is 0 Å². The standard InChI is InChI=1S/C14H17FN2O/c15-12-6-9(4-5-13(12)16)14(18)17-7-10-2-1-3-11(10)8-17/h4-6,10-11H,1-3,7-8,16H2. The summed E-state index contributed by atoms with van der Waals surface area (Å²) in [6.07, 6.45) is 3.74. The minimum absolute atomic E-state index is 0.0664. The summed E-state index contributed by atoms with van der Waals surface area (Å²) in [5, 5.41) is 0. The van der Waals surface area contributed by atoms with Gasteiger partial charge in [-0.3, -0.25) is 4.79 Å². The first-order valence-electron chi connectivity index (χ1n) is 6.49. The van der Waals surface area contributed by atoms with E-state index in [0.717, 1.165) is 13.1 Å². The number of amides is 1. The van der Waals surface area contributed by atoms with Crippen LogP contribution in [0.25, 0.3) is 0 Å². The van der Waals surface area contributed by atoms with E-state index in [0.29, 0.717) is 17.4 Å². The largest absolute Gasteiger partial charge is 0.396 e. The molecule has 96 valence electrons. The van der Waals surface area contributed by atoms with E-state index in [2.05, 4.69) is 0 Å². The number of carbonyl (C=O) groups is 1. The van der Waals surface area contributed by atoms with Crippen LogP contribution in [0.15, 0.2) is 18.2 Å². The summed E-state index contributed by atoms with van der Waals surface area (Å²) in [5.41, 5.74) is 5.91. The Morgan fingerprint density at radius 2 is 1.94 bits per heavy atom. The Balaban J connectivity index is 1.77. The van der Waals surface area contributed by atoms with E-state index < -0.39 is 5.82 Å². The SMILES string of the molecule is Nc1ccc(C(=O)N2CC3CCCC3C2)cc1F. The molecule has 0 bridgehead atoms. The number of hydrogen-bond donors (Lipinski definition) is 1. The van der Waals surface area contributed by atoms with Crippen LogP contribution in [0.5, 0.6) is 0 Å². The molecule has 1 aromatic rings. The van der Waals surface area contributed by atoms with Gasteiger partial charge in [0.25, 0.3) is 5.91 Å². The lowest BCUT2D eigenvalue weighted by atomic mass is 10.0. The maximum Gasteiger partial charge on any atom is 0.253 e. The van der Waals surface area contributed by atoms with Crippen molar-refractivity contribution in [1.82, 2.24) is 4.90 Å². The van der Waals surface area contributed by atoms with Gasteiger partial charge in [0, 0.05) is 18.7 Å². The molecule has 18 heavy (non-hydrogen) atoms. The molecule has 2 N–H and O–H groups in total. The maximum atomic E-state index is 13.4. The summed E-state index contributed by atoms with van der Waals surface area (Å²) in [7, 11) is 0. The highest BCUT2D eigenvalue weighted by Crippen LogP contribution is 2.38. The average molecular weight is 248 g/mol. The molecule has 1 heterocycles. The molecule has 1 aliphatic heterocycles. The highest BCUT2D eigenvalue weighted by Gasteiger charge is 2.38. The van der Waals surface area contributed by atoms with Crippen LogP contribution in [-0.4, -0.2) is 23.9 Å². The highest BCUT2D eigenvalue weighted by molar-refractivity contribution is 5.94. The van der Waals surface area contributed by atoms with Crippen LogP contribution < -0.4 is 5.73 Å². The molecule has 1 aliphatic carbocycles. The Labute approximate surface area is 106 Å². The lowest BCUT2D eigenvalue weighted by Gasteiger charge is -2.17. The molecule has 0 spiro atoms. The second-order valence-corrected chi connectivity index (χ2v) is 5.40. The van der Waals surface area contributed by atoms with Gasteiger partial charge in [-0.25, -0.2) is 4.39 Å². The van der Waals surface area contributed by atoms with Gasteiger partial charge in [-0.15, -0.1) is 0 Å². The Morgan fingerprint density at radius 1 is 1.28 bits per heavy atom. The lowest BCUT2D eigenvalue weighted by molar-refractivity contribution is 0.0780. The van der Waals surface area contributed by atoms with Gasteiger partial charge < -0.3 is 10.6 Å². The number of fused-ring (bicyclic) bond motifs is 1. The molecule has 2 unspecified atom stereocenters. The fourth-order valence-corrected chi connectivity index (χ4v) is 3.24. The number of nitrogen functional groups attached to an aromatic ring is 1. The normalized spacial score (nSPS) is 26.4. The van der Waals surface area contributed by atoms with Crippen molar-refractivity contribution in [2.75, 3.05) is 18.8 Å². The topological polar surface area (TPSA) is 46.3 Å². The number of rotatable bonds is 1. The summed E-state index contributed by atoms with van der Waals surface area (Å²) in [4.78, 5) is 14.1. The van der Waals surface area contributed by atoms with Crippen molar-refractivity contribution in [2.45, 2.75) is 19.3 Å². The van der Waals surface area contributed by atoms with Gasteiger partial charge in [0.1, 0.15) is 5.82 Å². The molecule has 1 aromatic carbocycles. The van der Waals surface area contributed by atoms with E-state index in [4.69, 9.17) is 5.73 Å². The number of benzene rings is 1. The van der Waals surface area contributed by atoms with E-state index >= 15 is 0 Å². The second kappa shape index (κ2) is 4.26. The molecule has 3 nitrogen and oxygen atoms in total. The molecule has 1 saturated carbocycles. The van der Waals surface area contributed by atoms with Crippen LogP contribution in [-0.2, 0) is 0 Å². The zero-order valence-electron chi connectivity index (χ0n) is 10.2. The van der Waals surface area contributed by atoms with E-state index in [1.807, 2.05) is 4.90 Å². The third kappa shape index (κ3) is 1.85. The zero-order chi connectivity index (χ0) is 12.7. The monoisotopic (exact) mass is 248 g/mol. The number of nitrogens with zero attached hydrogens (tertiary/aromatic N) is 1. The number of nitrogens with two attached hydrogens (primary N) is 1. The fraction of sp³-hybridized carbons (Fsp3) is 0.500. The molecule has 3 rings (SSSR count). The molecule has 1 saturated heterocycles. The van der Waals surface area contributed by atoms with Crippen molar-refractivity contribution in [3.05, 3.63) is 29.6 Å². The lowest BCUT2D eigenvalue weighted by Crippen LogP contribution is -2.29. The van der Waals surface area contributed by atoms with Crippen molar-refractivity contribution in [2.24, 2.45) is 11.8 Å². The Bertz CT molecular complexity index is 477. The van der Waals surface area contributed by atoms with Crippen molar-refractivity contribution in [3.8, 4) is 0 Å². The quantitative estimate of drug-likeness (QED) is 0.775. The van der Waals surface area contributed by atoms with Gasteiger partial charge in [0.05, 0.1) is 5.69 Å². The van der Waals surface area contributed by atoms with Crippen LogP contribution in [0.2, 0.25) is 0 Å². The average Bonchev–Trinajstić information content (AvgIpc) is 2.92. The van der Waals surface area contributed by atoms with E-state index in [-0.39, 0.29) is 11.6 Å². The first-order chi connectivity index (χ1) is 8.65. The van der Waals surface area contributed by atoms with Crippen LogP contribution in [0.1, 0.15) is 29.6 Å². The molecule has 0 radical (unpaired) electrons. The Hall–Kier alpha value is -1.58. The number of halogens is 1. The summed E-state index contributed by atoms with van der Waals surface area (Å²) in [5.74, 6) is 0.740. The molecule has 2 aliphatic rings. The van der Waals surface area contributed by atoms with Crippen LogP contribution >= 0.6 is 0 Å². The molecular weight excluding hydrogens is 231 g/mol. The van der Waals surface area contributed by atoms with Gasteiger partial charge in [-0.05, 0) is 42.9 Å². The first-order valence-corrected chi connectivity index (χ1v) is 6.49. The van der Waals surface area contributed by atoms with Crippen molar-refractivity contribution >= 4 is 11.6 Å². The molecule has 1 amide bonds. The van der Waals surface area contributed by atoms with Crippen molar-refractivity contribution in [3.63, 3.8) is 0 Å². The fourth-order valence-electron chi connectivity index (χ4n) is 3.24. The van der Waals surface area contributed by atoms with E-state index in [9.17, 15) is 9.18 Å². The minimum Gasteiger partial charge on any atom is -0.396 e. The van der Waals surface area contributed by atoms with Gasteiger partial charge in [-0.1, -0.05) is 6.42 Å². The number of anilines is 1. The molecule has 4 heteroatoms. The van der Waals surface area contributed by atoms with Gasteiger partial charge >= 0.3 is 0 Å². The predicted molar refractivity (Wildman–Crippen MR) is 67.5 cm³/mol. The number of likely N-dealkylation sites (tertiary alicyclic amines) is 1. The van der Waals surface area contributed by atoms with Gasteiger partial charge in [-0.2, -0.15) is 0 Å². The van der Waals surface area contributed by atoms with Crippen LogP contribution in [0, 0.1) is 17.7 Å². The molecule has 2 atom stereocenters. The Morgan fingerprint density at radius 3 is 2.56 bits per heavy atom. The summed E-state index contributed by atoms with van der Waals surface area (Å²) in [6.45, 7) is 1.66. The van der Waals surface area contributed by atoms with Crippen LogP contribution in [0.3, 0.4) is 0 Å². The van der Waals surface area contributed by atoms with E-state index in [1.54, 1.807) is 6.07 Å². The number of carbonyl (C=O) groups excluding carboxylic acids is 1. The van der Waals surface area contributed by atoms with Gasteiger partial charge in [0.2, 0.25) is 0 Å². The first kappa shape index (κ1) is 11.5.